The maximum absolute atomic E-state index is 13.2. The van der Waals surface area contributed by atoms with Crippen LogP contribution in [-0.2, 0) is 14.3 Å². The second-order valence-electron chi connectivity index (χ2n) is 7.26. The summed E-state index contributed by atoms with van der Waals surface area (Å²) in [7, 11) is 6.22. The number of rotatable bonds is 8. The van der Waals surface area contributed by atoms with Crippen molar-refractivity contribution in [2.24, 2.45) is 5.92 Å². The van der Waals surface area contributed by atoms with Crippen molar-refractivity contribution in [3.8, 4) is 23.0 Å². The average molecular weight is 440 g/mol. The van der Waals surface area contributed by atoms with Crippen molar-refractivity contribution < 1.29 is 33.3 Å². The molecule has 3 rings (SSSR count). The molecule has 32 heavy (non-hydrogen) atoms. The summed E-state index contributed by atoms with van der Waals surface area (Å²) in [6, 6.07) is 10.9. The molecule has 2 aromatic carbocycles. The van der Waals surface area contributed by atoms with Crippen molar-refractivity contribution in [2.45, 2.75) is 19.3 Å². The molecule has 0 unspecified atom stereocenters. The number of ketones is 1. The van der Waals surface area contributed by atoms with Crippen LogP contribution in [0.5, 0.6) is 23.0 Å². The van der Waals surface area contributed by atoms with Crippen LogP contribution in [-0.4, -0.2) is 46.8 Å². The first kappa shape index (κ1) is 23.2. The summed E-state index contributed by atoms with van der Waals surface area (Å²) in [5.74, 6) is -0.120. The average Bonchev–Trinajstić information content (AvgIpc) is 2.82. The lowest BCUT2D eigenvalue weighted by Crippen LogP contribution is -2.34. The standard InChI is InChI=1S/C25H28O7/c1-6-32-25(27)23-19(18-8-7-9-21(29-3)24(18)31-5)12-15(13-20(23)26)17-11-10-16(28-2)14-22(17)30-4/h7-11,13-14,19,23H,6,12H2,1-5H3/t19-,23-/m0/s1. The highest BCUT2D eigenvalue weighted by Crippen LogP contribution is 2.47. The van der Waals surface area contributed by atoms with Gasteiger partial charge in [-0.15, -0.1) is 0 Å². The van der Waals surface area contributed by atoms with Gasteiger partial charge < -0.3 is 23.7 Å². The van der Waals surface area contributed by atoms with Gasteiger partial charge >= 0.3 is 5.97 Å². The van der Waals surface area contributed by atoms with Gasteiger partial charge in [-0.05, 0) is 43.2 Å². The number of hydrogen-bond acceptors (Lipinski definition) is 7. The van der Waals surface area contributed by atoms with E-state index in [4.69, 9.17) is 23.7 Å². The molecule has 0 N–H and O–H groups in total. The Kier molecular flexibility index (Phi) is 7.41. The maximum atomic E-state index is 13.2. The predicted molar refractivity (Wildman–Crippen MR) is 120 cm³/mol. The second kappa shape index (κ2) is 10.2. The fourth-order valence-corrected chi connectivity index (χ4v) is 4.13. The van der Waals surface area contributed by atoms with E-state index >= 15 is 0 Å². The van der Waals surface area contributed by atoms with E-state index < -0.39 is 17.8 Å². The van der Waals surface area contributed by atoms with Crippen molar-refractivity contribution in [3.63, 3.8) is 0 Å². The normalized spacial score (nSPS) is 17.9. The smallest absolute Gasteiger partial charge is 0.317 e. The number of methoxy groups -OCH3 is 4. The lowest BCUT2D eigenvalue weighted by Gasteiger charge is -2.31. The van der Waals surface area contributed by atoms with E-state index in [1.807, 2.05) is 24.3 Å². The zero-order chi connectivity index (χ0) is 23.3. The lowest BCUT2D eigenvalue weighted by molar-refractivity contribution is -0.151. The largest absolute Gasteiger partial charge is 0.497 e. The molecule has 0 fully saturated rings. The van der Waals surface area contributed by atoms with Crippen LogP contribution in [0.1, 0.15) is 30.4 Å². The van der Waals surface area contributed by atoms with Gasteiger partial charge in [0.1, 0.15) is 17.4 Å². The third-order valence-electron chi connectivity index (χ3n) is 5.59. The van der Waals surface area contributed by atoms with E-state index in [0.29, 0.717) is 35.0 Å². The van der Waals surface area contributed by atoms with Gasteiger partial charge in [0.05, 0.1) is 35.0 Å². The Morgan fingerprint density at radius 3 is 2.34 bits per heavy atom. The minimum absolute atomic E-state index is 0.188. The van der Waals surface area contributed by atoms with Gasteiger partial charge in [-0.3, -0.25) is 9.59 Å². The third-order valence-corrected chi connectivity index (χ3v) is 5.59. The minimum atomic E-state index is -0.982. The van der Waals surface area contributed by atoms with Gasteiger partial charge in [0.2, 0.25) is 0 Å². The molecule has 0 amide bonds. The van der Waals surface area contributed by atoms with Crippen LogP contribution >= 0.6 is 0 Å². The van der Waals surface area contributed by atoms with Gasteiger partial charge in [0.25, 0.3) is 0 Å². The molecule has 0 aromatic heterocycles. The summed E-state index contributed by atoms with van der Waals surface area (Å²) in [6.07, 6.45) is 1.91. The highest BCUT2D eigenvalue weighted by Gasteiger charge is 2.41. The van der Waals surface area contributed by atoms with Crippen molar-refractivity contribution >= 4 is 17.3 Å². The molecule has 170 valence electrons. The van der Waals surface area contributed by atoms with Crippen molar-refractivity contribution in [1.82, 2.24) is 0 Å². The number of allylic oxidation sites excluding steroid dienone is 2. The molecule has 1 aliphatic rings. The fourth-order valence-electron chi connectivity index (χ4n) is 4.13. The van der Waals surface area contributed by atoms with E-state index in [1.165, 1.54) is 13.2 Å². The quantitative estimate of drug-likeness (QED) is 0.453. The van der Waals surface area contributed by atoms with E-state index in [0.717, 1.165) is 11.1 Å². The monoisotopic (exact) mass is 440 g/mol. The van der Waals surface area contributed by atoms with Gasteiger partial charge in [-0.1, -0.05) is 12.1 Å². The Labute approximate surface area is 187 Å². The van der Waals surface area contributed by atoms with E-state index in [9.17, 15) is 9.59 Å². The van der Waals surface area contributed by atoms with Gasteiger partial charge in [-0.25, -0.2) is 0 Å². The first-order valence-corrected chi connectivity index (χ1v) is 10.3. The zero-order valence-electron chi connectivity index (χ0n) is 19.0. The molecule has 1 aliphatic carbocycles. The SMILES string of the molecule is CCOC(=O)[C@@H]1C(=O)C=C(c2ccc(OC)cc2OC)C[C@H]1c1cccc(OC)c1OC. The molecule has 0 heterocycles. The molecule has 2 atom stereocenters. The zero-order valence-corrected chi connectivity index (χ0v) is 19.0. The Balaban J connectivity index is 2.14. The highest BCUT2D eigenvalue weighted by molar-refractivity contribution is 6.11. The molecular formula is C25H28O7. The number of carbonyl (C=O) groups is 2. The number of benzene rings is 2. The lowest BCUT2D eigenvalue weighted by atomic mass is 9.73. The van der Waals surface area contributed by atoms with Crippen LogP contribution in [0.3, 0.4) is 0 Å². The molecule has 7 heteroatoms. The second-order valence-corrected chi connectivity index (χ2v) is 7.26. The molecule has 0 spiro atoms. The summed E-state index contributed by atoms with van der Waals surface area (Å²) in [5, 5.41) is 0. The Morgan fingerprint density at radius 1 is 0.969 bits per heavy atom. The van der Waals surface area contributed by atoms with Crippen LogP contribution < -0.4 is 18.9 Å². The van der Waals surface area contributed by atoms with Crippen LogP contribution in [0.25, 0.3) is 5.57 Å². The number of ether oxygens (including phenoxy) is 5. The molecule has 2 aromatic rings. The summed E-state index contributed by atoms with van der Waals surface area (Å²) in [4.78, 5) is 26.1. The van der Waals surface area contributed by atoms with Gasteiger partial charge in [0.15, 0.2) is 17.3 Å². The number of para-hydroxylation sites is 1. The first-order valence-electron chi connectivity index (χ1n) is 10.3. The van der Waals surface area contributed by atoms with E-state index in [1.54, 1.807) is 40.4 Å². The number of hydrogen-bond donors (Lipinski definition) is 0. The van der Waals surface area contributed by atoms with Gasteiger partial charge in [-0.2, -0.15) is 0 Å². The Morgan fingerprint density at radius 2 is 1.72 bits per heavy atom. The molecule has 0 saturated heterocycles. The van der Waals surface area contributed by atoms with Gasteiger partial charge in [0, 0.05) is 23.1 Å². The molecule has 7 nitrogen and oxygen atoms in total. The van der Waals surface area contributed by atoms with Crippen LogP contribution in [0.4, 0.5) is 0 Å². The number of carbonyl (C=O) groups excluding carboxylic acids is 2. The molecule has 0 saturated carbocycles. The molecule has 0 aliphatic heterocycles. The Hall–Kier alpha value is -3.48. The van der Waals surface area contributed by atoms with Crippen molar-refractivity contribution in [1.29, 1.82) is 0 Å². The summed E-state index contributed by atoms with van der Waals surface area (Å²) in [5.41, 5.74) is 2.22. The molecule has 0 bridgehead atoms. The topological polar surface area (TPSA) is 80.3 Å². The maximum Gasteiger partial charge on any atom is 0.317 e. The van der Waals surface area contributed by atoms with Crippen molar-refractivity contribution in [3.05, 3.63) is 53.6 Å². The predicted octanol–water partition coefficient (Wildman–Crippen LogP) is 4.04. The number of esters is 1. The Bertz CT molecular complexity index is 1020. The first-order chi connectivity index (χ1) is 15.5. The summed E-state index contributed by atoms with van der Waals surface area (Å²) in [6.45, 7) is 1.91. The van der Waals surface area contributed by atoms with E-state index in [2.05, 4.69) is 0 Å². The fraction of sp³-hybridized carbons (Fsp3) is 0.360. The van der Waals surface area contributed by atoms with Crippen molar-refractivity contribution in [2.75, 3.05) is 35.0 Å². The molecule has 0 radical (unpaired) electrons. The minimum Gasteiger partial charge on any atom is -0.497 e. The van der Waals surface area contributed by atoms with Crippen LogP contribution in [0, 0.1) is 5.92 Å². The van der Waals surface area contributed by atoms with Crippen LogP contribution in [0.15, 0.2) is 42.5 Å². The summed E-state index contributed by atoms with van der Waals surface area (Å²) < 4.78 is 27.1. The molecular weight excluding hydrogens is 412 g/mol. The van der Waals surface area contributed by atoms with Crippen LogP contribution in [0.2, 0.25) is 0 Å². The summed E-state index contributed by atoms with van der Waals surface area (Å²) >= 11 is 0. The van der Waals surface area contributed by atoms with E-state index in [-0.39, 0.29) is 12.4 Å². The third kappa shape index (κ3) is 4.42. The highest BCUT2D eigenvalue weighted by atomic mass is 16.5.